The highest BCUT2D eigenvalue weighted by Gasteiger charge is 2.39. The van der Waals surface area contributed by atoms with Gasteiger partial charge in [-0.15, -0.1) is 0 Å². The molecule has 4 unspecified atom stereocenters. The first-order chi connectivity index (χ1) is 14.1. The van der Waals surface area contributed by atoms with Gasteiger partial charge in [-0.2, -0.15) is 32.1 Å². The summed E-state index contributed by atoms with van der Waals surface area (Å²) in [6, 6.07) is 5.75. The summed E-state index contributed by atoms with van der Waals surface area (Å²) in [4.78, 5) is 0.127. The standard InChI is InChI=1S/C20H32N2O4S4/c1-5-19-15(3)27-12-10-21(19)29(23,24)17-8-7-9-18(14-17)30(25,26)22-11-13-28-16(4)20(22)6-2/h7-9,14-16,19-20H,5-6,10-13H2,1-4H3. The minimum atomic E-state index is -3.77. The van der Waals surface area contributed by atoms with Gasteiger partial charge >= 0.3 is 0 Å². The van der Waals surface area contributed by atoms with Crippen LogP contribution in [0.25, 0.3) is 0 Å². The SMILES string of the molecule is CCC1C(C)SCCN1S(=O)(=O)c1cccc(S(=O)(=O)N2CCSC(C)C2CC)c1. The highest BCUT2D eigenvalue weighted by Crippen LogP contribution is 2.34. The molecule has 0 N–H and O–H groups in total. The quantitative estimate of drug-likeness (QED) is 0.605. The average Bonchev–Trinajstić information content (AvgIpc) is 2.73. The molecule has 4 atom stereocenters. The van der Waals surface area contributed by atoms with Gasteiger partial charge in [0.15, 0.2) is 0 Å². The summed E-state index contributed by atoms with van der Waals surface area (Å²) in [7, 11) is -7.53. The summed E-state index contributed by atoms with van der Waals surface area (Å²) >= 11 is 3.57. The zero-order valence-corrected chi connectivity index (χ0v) is 21.3. The smallest absolute Gasteiger partial charge is 0.207 e. The lowest BCUT2D eigenvalue weighted by molar-refractivity contribution is 0.312. The first kappa shape index (κ1) is 24.4. The summed E-state index contributed by atoms with van der Waals surface area (Å²) < 4.78 is 56.9. The van der Waals surface area contributed by atoms with E-state index in [1.165, 1.54) is 18.2 Å². The second-order valence-electron chi connectivity index (χ2n) is 7.81. The molecule has 1 aromatic carbocycles. The molecule has 0 radical (unpaired) electrons. The fraction of sp³-hybridized carbons (Fsp3) is 0.700. The van der Waals surface area contributed by atoms with Crippen molar-refractivity contribution in [3.63, 3.8) is 0 Å². The van der Waals surface area contributed by atoms with Gasteiger partial charge < -0.3 is 0 Å². The topological polar surface area (TPSA) is 74.8 Å². The molecule has 2 saturated heterocycles. The molecule has 2 aliphatic heterocycles. The fourth-order valence-corrected chi connectivity index (χ4v) is 11.0. The molecule has 1 aromatic rings. The van der Waals surface area contributed by atoms with Crippen LogP contribution in [0.5, 0.6) is 0 Å². The van der Waals surface area contributed by atoms with Crippen molar-refractivity contribution < 1.29 is 16.8 Å². The Morgan fingerprint density at radius 3 is 1.60 bits per heavy atom. The largest absolute Gasteiger partial charge is 0.243 e. The van der Waals surface area contributed by atoms with Crippen LogP contribution in [-0.4, -0.2) is 72.6 Å². The zero-order valence-electron chi connectivity index (χ0n) is 18.0. The van der Waals surface area contributed by atoms with E-state index in [2.05, 4.69) is 13.8 Å². The van der Waals surface area contributed by atoms with Gasteiger partial charge in [0.25, 0.3) is 0 Å². The van der Waals surface area contributed by atoms with E-state index < -0.39 is 20.0 Å². The van der Waals surface area contributed by atoms with E-state index in [0.717, 1.165) is 24.3 Å². The van der Waals surface area contributed by atoms with E-state index in [1.54, 1.807) is 38.2 Å². The van der Waals surface area contributed by atoms with Crippen molar-refractivity contribution >= 4 is 43.6 Å². The summed E-state index contributed by atoms with van der Waals surface area (Å²) in [6.45, 7) is 9.01. The van der Waals surface area contributed by atoms with Gasteiger partial charge in [-0.3, -0.25) is 0 Å². The second-order valence-corrected chi connectivity index (χ2v) is 14.6. The van der Waals surface area contributed by atoms with Gasteiger partial charge in [0.05, 0.1) is 9.79 Å². The van der Waals surface area contributed by atoms with E-state index in [9.17, 15) is 16.8 Å². The van der Waals surface area contributed by atoms with E-state index >= 15 is 0 Å². The maximum absolute atomic E-state index is 13.4. The van der Waals surface area contributed by atoms with Crippen molar-refractivity contribution in [1.82, 2.24) is 8.61 Å². The van der Waals surface area contributed by atoms with Crippen molar-refractivity contribution in [3.8, 4) is 0 Å². The number of hydrogen-bond acceptors (Lipinski definition) is 6. The monoisotopic (exact) mass is 492 g/mol. The number of benzene rings is 1. The Balaban J connectivity index is 1.97. The molecule has 6 nitrogen and oxygen atoms in total. The van der Waals surface area contributed by atoms with Crippen LogP contribution in [0.2, 0.25) is 0 Å². The molecule has 3 rings (SSSR count). The van der Waals surface area contributed by atoms with E-state index in [-0.39, 0.29) is 32.4 Å². The lowest BCUT2D eigenvalue weighted by Gasteiger charge is -2.39. The molecule has 0 aromatic heterocycles. The highest BCUT2D eigenvalue weighted by molar-refractivity contribution is 8.00. The number of thioether (sulfide) groups is 2. The van der Waals surface area contributed by atoms with E-state index in [1.807, 2.05) is 13.8 Å². The van der Waals surface area contributed by atoms with Crippen LogP contribution in [0.3, 0.4) is 0 Å². The third kappa shape index (κ3) is 4.59. The summed E-state index contributed by atoms with van der Waals surface area (Å²) in [6.07, 6.45) is 1.46. The second kappa shape index (κ2) is 9.70. The predicted molar refractivity (Wildman–Crippen MR) is 126 cm³/mol. The average molecular weight is 493 g/mol. The molecule has 2 fully saturated rings. The van der Waals surface area contributed by atoms with Gasteiger partial charge in [-0.1, -0.05) is 33.8 Å². The van der Waals surface area contributed by atoms with Crippen LogP contribution in [0.1, 0.15) is 40.5 Å². The number of rotatable bonds is 6. The Morgan fingerprint density at radius 1 is 0.833 bits per heavy atom. The minimum absolute atomic E-state index is 0.0635. The molecule has 0 spiro atoms. The van der Waals surface area contributed by atoms with Crippen molar-refractivity contribution in [3.05, 3.63) is 24.3 Å². The van der Waals surface area contributed by atoms with Crippen LogP contribution in [0.15, 0.2) is 34.1 Å². The molecule has 2 aliphatic rings. The maximum atomic E-state index is 13.4. The molecule has 0 bridgehead atoms. The Bertz CT molecular complexity index is 878. The first-order valence-electron chi connectivity index (χ1n) is 10.5. The number of nitrogens with zero attached hydrogens (tertiary/aromatic N) is 2. The van der Waals surface area contributed by atoms with Crippen molar-refractivity contribution in [2.24, 2.45) is 0 Å². The van der Waals surface area contributed by atoms with Crippen molar-refractivity contribution in [2.75, 3.05) is 24.6 Å². The Hall–Kier alpha value is -0.260. The van der Waals surface area contributed by atoms with Crippen molar-refractivity contribution in [1.29, 1.82) is 0 Å². The van der Waals surface area contributed by atoms with Gasteiger partial charge in [0.2, 0.25) is 20.0 Å². The van der Waals surface area contributed by atoms with Crippen LogP contribution in [0.4, 0.5) is 0 Å². The summed E-state index contributed by atoms with van der Waals surface area (Å²) in [5, 5.41) is 0.422. The van der Waals surface area contributed by atoms with Gasteiger partial charge in [0.1, 0.15) is 0 Å². The first-order valence-corrected chi connectivity index (χ1v) is 15.5. The Kier molecular flexibility index (Phi) is 7.89. The molecular formula is C20H32N2O4S4. The molecular weight excluding hydrogens is 460 g/mol. The summed E-state index contributed by atoms with van der Waals surface area (Å²) in [5.74, 6) is 1.49. The highest BCUT2D eigenvalue weighted by atomic mass is 32.2. The van der Waals surface area contributed by atoms with Crippen molar-refractivity contribution in [2.45, 2.75) is 72.9 Å². The van der Waals surface area contributed by atoms with Crippen LogP contribution < -0.4 is 0 Å². The van der Waals surface area contributed by atoms with Crippen LogP contribution in [-0.2, 0) is 20.0 Å². The molecule has 0 amide bonds. The van der Waals surface area contributed by atoms with Gasteiger partial charge in [-0.05, 0) is 31.0 Å². The normalized spacial score (nSPS) is 29.7. The minimum Gasteiger partial charge on any atom is -0.207 e. The third-order valence-corrected chi connectivity index (χ3v) is 12.4. The van der Waals surface area contributed by atoms with E-state index in [0.29, 0.717) is 13.1 Å². The van der Waals surface area contributed by atoms with Crippen LogP contribution >= 0.6 is 23.5 Å². The van der Waals surface area contributed by atoms with Gasteiger partial charge in [0, 0.05) is 47.2 Å². The zero-order chi connectivity index (χ0) is 22.1. The molecule has 2 heterocycles. The summed E-state index contributed by atoms with van der Waals surface area (Å²) in [5.41, 5.74) is 0. The Labute approximate surface area is 190 Å². The molecule has 10 heteroatoms. The van der Waals surface area contributed by atoms with Crippen LogP contribution in [0, 0.1) is 0 Å². The lowest BCUT2D eigenvalue weighted by Crippen LogP contribution is -2.49. The van der Waals surface area contributed by atoms with E-state index in [4.69, 9.17) is 0 Å². The molecule has 170 valence electrons. The molecule has 0 saturated carbocycles. The fourth-order valence-electron chi connectivity index (χ4n) is 4.41. The lowest BCUT2D eigenvalue weighted by atomic mass is 10.1. The molecule has 0 aliphatic carbocycles. The number of hydrogen-bond donors (Lipinski definition) is 0. The Morgan fingerprint density at radius 2 is 1.23 bits per heavy atom. The maximum Gasteiger partial charge on any atom is 0.243 e. The predicted octanol–water partition coefficient (Wildman–Crippen LogP) is 3.50. The third-order valence-electron chi connectivity index (χ3n) is 6.06. The number of sulfonamides is 2. The van der Waals surface area contributed by atoms with Gasteiger partial charge in [-0.25, -0.2) is 16.8 Å². The molecule has 30 heavy (non-hydrogen) atoms.